The molecule has 86 valence electrons. The van der Waals surface area contributed by atoms with Crippen LogP contribution in [0.4, 0.5) is 0 Å². The minimum absolute atomic E-state index is 0.331. The average Bonchev–Trinajstić information content (AvgIpc) is 2.57. The zero-order valence-corrected chi connectivity index (χ0v) is 9.88. The van der Waals surface area contributed by atoms with Crippen molar-refractivity contribution < 1.29 is 9.15 Å². The lowest BCUT2D eigenvalue weighted by Crippen LogP contribution is -2.17. The topological polar surface area (TPSA) is 34.4 Å². The van der Waals surface area contributed by atoms with Gasteiger partial charge in [-0.15, -0.1) is 0 Å². The molecule has 0 aliphatic carbocycles. The van der Waals surface area contributed by atoms with Gasteiger partial charge in [-0.1, -0.05) is 0 Å². The van der Waals surface area contributed by atoms with Crippen molar-refractivity contribution in [2.45, 2.75) is 39.8 Å². The smallest absolute Gasteiger partial charge is 0.120 e. The molecule has 0 atom stereocenters. The van der Waals surface area contributed by atoms with Crippen molar-refractivity contribution >= 4 is 0 Å². The summed E-state index contributed by atoms with van der Waals surface area (Å²) in [5.41, 5.74) is 1.21. The van der Waals surface area contributed by atoms with E-state index in [2.05, 4.69) is 26.1 Å². The molecule has 0 aromatic carbocycles. The van der Waals surface area contributed by atoms with Crippen molar-refractivity contribution in [1.29, 1.82) is 0 Å². The predicted octanol–water partition coefficient (Wildman–Crippen LogP) is 2.49. The zero-order chi connectivity index (χ0) is 11.1. The Morgan fingerprint density at radius 2 is 2.27 bits per heavy atom. The van der Waals surface area contributed by atoms with Crippen molar-refractivity contribution in [2.75, 3.05) is 13.2 Å². The Morgan fingerprint density at radius 3 is 2.87 bits per heavy atom. The van der Waals surface area contributed by atoms with Crippen molar-refractivity contribution in [3.8, 4) is 0 Å². The first kappa shape index (κ1) is 12.3. The molecule has 1 N–H and O–H groups in total. The maximum Gasteiger partial charge on any atom is 0.120 e. The van der Waals surface area contributed by atoms with Crippen LogP contribution in [0.5, 0.6) is 0 Å². The van der Waals surface area contributed by atoms with Crippen LogP contribution in [0.2, 0.25) is 0 Å². The van der Waals surface area contributed by atoms with Crippen molar-refractivity contribution in [2.24, 2.45) is 0 Å². The molecule has 1 aromatic heterocycles. The van der Waals surface area contributed by atoms with Crippen LogP contribution in [0.1, 0.15) is 31.6 Å². The Balaban J connectivity index is 2.00. The van der Waals surface area contributed by atoms with Gasteiger partial charge in [0.1, 0.15) is 5.76 Å². The van der Waals surface area contributed by atoms with Gasteiger partial charge in [0.15, 0.2) is 0 Å². The lowest BCUT2D eigenvalue weighted by atomic mass is 10.3. The van der Waals surface area contributed by atoms with Crippen molar-refractivity contribution in [3.63, 3.8) is 0 Å². The summed E-state index contributed by atoms with van der Waals surface area (Å²) in [6.45, 7) is 8.76. The molecule has 15 heavy (non-hydrogen) atoms. The maximum atomic E-state index is 5.44. The zero-order valence-electron chi connectivity index (χ0n) is 9.88. The average molecular weight is 211 g/mol. The van der Waals surface area contributed by atoms with E-state index in [9.17, 15) is 0 Å². The normalized spacial score (nSPS) is 11.2. The summed E-state index contributed by atoms with van der Waals surface area (Å²) in [5.74, 6) is 1.03. The number of furan rings is 1. The van der Waals surface area contributed by atoms with Crippen LogP contribution in [-0.2, 0) is 11.3 Å². The first-order chi connectivity index (χ1) is 7.20. The second kappa shape index (κ2) is 6.64. The van der Waals surface area contributed by atoms with Crippen LogP contribution in [0, 0.1) is 6.92 Å². The van der Waals surface area contributed by atoms with Crippen molar-refractivity contribution in [1.82, 2.24) is 5.32 Å². The van der Waals surface area contributed by atoms with Gasteiger partial charge < -0.3 is 14.5 Å². The van der Waals surface area contributed by atoms with Gasteiger partial charge in [-0.3, -0.25) is 0 Å². The lowest BCUT2D eigenvalue weighted by Gasteiger charge is -2.07. The van der Waals surface area contributed by atoms with Gasteiger partial charge in [0.2, 0.25) is 0 Å². The third kappa shape index (κ3) is 5.00. The Hall–Kier alpha value is -0.800. The van der Waals surface area contributed by atoms with E-state index in [1.54, 1.807) is 6.26 Å². The van der Waals surface area contributed by atoms with E-state index in [0.29, 0.717) is 6.10 Å². The highest BCUT2D eigenvalue weighted by atomic mass is 16.5. The molecule has 0 aliphatic rings. The molecule has 0 spiro atoms. The highest BCUT2D eigenvalue weighted by Crippen LogP contribution is 2.07. The van der Waals surface area contributed by atoms with Crippen LogP contribution in [-0.4, -0.2) is 19.3 Å². The molecule has 3 heteroatoms. The van der Waals surface area contributed by atoms with Crippen LogP contribution in [0.25, 0.3) is 0 Å². The fourth-order valence-electron chi connectivity index (χ4n) is 1.30. The number of hydrogen-bond acceptors (Lipinski definition) is 3. The highest BCUT2D eigenvalue weighted by molar-refractivity contribution is 5.13. The van der Waals surface area contributed by atoms with Crippen LogP contribution < -0.4 is 5.32 Å². The molecule has 0 radical (unpaired) electrons. The van der Waals surface area contributed by atoms with E-state index >= 15 is 0 Å². The van der Waals surface area contributed by atoms with Crippen LogP contribution in [0.15, 0.2) is 16.7 Å². The van der Waals surface area contributed by atoms with E-state index in [1.807, 2.05) is 6.07 Å². The fraction of sp³-hybridized carbons (Fsp3) is 0.667. The number of nitrogens with one attached hydrogen (secondary N) is 1. The predicted molar refractivity (Wildman–Crippen MR) is 60.9 cm³/mol. The third-order valence-electron chi connectivity index (χ3n) is 2.20. The number of rotatable bonds is 7. The molecule has 0 unspecified atom stereocenters. The van der Waals surface area contributed by atoms with Gasteiger partial charge in [-0.25, -0.2) is 0 Å². The first-order valence-electron chi connectivity index (χ1n) is 5.55. The van der Waals surface area contributed by atoms with E-state index in [1.165, 1.54) is 5.56 Å². The SMILES string of the molecule is Cc1ccoc1CNCCCOC(C)C. The molecule has 0 saturated carbocycles. The van der Waals surface area contributed by atoms with Gasteiger partial charge in [-0.05, 0) is 45.4 Å². The molecule has 1 aromatic rings. The summed E-state index contributed by atoms with van der Waals surface area (Å²) in [6, 6.07) is 1.99. The molecule has 0 saturated heterocycles. The van der Waals surface area contributed by atoms with Crippen LogP contribution >= 0.6 is 0 Å². The fourth-order valence-corrected chi connectivity index (χ4v) is 1.30. The summed E-state index contributed by atoms with van der Waals surface area (Å²) in [6.07, 6.45) is 3.10. The largest absolute Gasteiger partial charge is 0.468 e. The highest BCUT2D eigenvalue weighted by Gasteiger charge is 2.00. The maximum absolute atomic E-state index is 5.44. The lowest BCUT2D eigenvalue weighted by molar-refractivity contribution is 0.0770. The molecule has 1 rings (SSSR count). The Kier molecular flexibility index (Phi) is 5.43. The van der Waals surface area contributed by atoms with Gasteiger partial charge in [-0.2, -0.15) is 0 Å². The van der Waals surface area contributed by atoms with E-state index < -0.39 is 0 Å². The molecule has 0 bridgehead atoms. The van der Waals surface area contributed by atoms with Gasteiger partial charge in [0, 0.05) is 6.61 Å². The summed E-state index contributed by atoms with van der Waals surface area (Å²) < 4.78 is 10.8. The molecular weight excluding hydrogens is 190 g/mol. The number of aryl methyl sites for hydroxylation is 1. The minimum atomic E-state index is 0.331. The Labute approximate surface area is 91.8 Å². The first-order valence-corrected chi connectivity index (χ1v) is 5.55. The molecule has 0 amide bonds. The molecule has 1 heterocycles. The molecule has 0 fully saturated rings. The van der Waals surface area contributed by atoms with Gasteiger partial charge in [0.25, 0.3) is 0 Å². The molecule has 3 nitrogen and oxygen atoms in total. The summed E-state index contributed by atoms with van der Waals surface area (Å²) in [4.78, 5) is 0. The van der Waals surface area contributed by atoms with Crippen LogP contribution in [0.3, 0.4) is 0 Å². The quantitative estimate of drug-likeness (QED) is 0.704. The Morgan fingerprint density at radius 1 is 1.47 bits per heavy atom. The van der Waals surface area contributed by atoms with E-state index in [4.69, 9.17) is 9.15 Å². The van der Waals surface area contributed by atoms with E-state index in [0.717, 1.165) is 31.9 Å². The third-order valence-corrected chi connectivity index (χ3v) is 2.20. The Bertz CT molecular complexity index is 268. The minimum Gasteiger partial charge on any atom is -0.468 e. The summed E-state index contributed by atoms with van der Waals surface area (Å²) >= 11 is 0. The molecular formula is C12H21NO2. The second-order valence-corrected chi connectivity index (χ2v) is 3.98. The van der Waals surface area contributed by atoms with Gasteiger partial charge >= 0.3 is 0 Å². The summed E-state index contributed by atoms with van der Waals surface area (Å²) in [5, 5.41) is 3.33. The number of hydrogen-bond donors (Lipinski definition) is 1. The van der Waals surface area contributed by atoms with E-state index in [-0.39, 0.29) is 0 Å². The standard InChI is InChI=1S/C12H21NO2/c1-10(2)14-7-4-6-13-9-12-11(3)5-8-15-12/h5,8,10,13H,4,6-7,9H2,1-3H3. The monoisotopic (exact) mass is 211 g/mol. The summed E-state index contributed by atoms with van der Waals surface area (Å²) in [7, 11) is 0. The number of ether oxygens (including phenoxy) is 1. The van der Waals surface area contributed by atoms with Gasteiger partial charge in [0.05, 0.1) is 18.9 Å². The second-order valence-electron chi connectivity index (χ2n) is 3.98. The van der Waals surface area contributed by atoms with Crippen molar-refractivity contribution in [3.05, 3.63) is 23.7 Å². The molecule has 0 aliphatic heterocycles.